The summed E-state index contributed by atoms with van der Waals surface area (Å²) >= 11 is 0. The Labute approximate surface area is 131 Å². The first-order valence-electron chi connectivity index (χ1n) is 9.35. The summed E-state index contributed by atoms with van der Waals surface area (Å²) in [5, 5.41) is 0. The Balaban J connectivity index is 1.52. The van der Waals surface area contributed by atoms with Crippen LogP contribution in [0.4, 0.5) is 0 Å². The Morgan fingerprint density at radius 1 is 0.762 bits per heavy atom. The number of hydrogen-bond donors (Lipinski definition) is 0. The van der Waals surface area contributed by atoms with Crippen molar-refractivity contribution in [1.82, 2.24) is 0 Å². The SMILES string of the molecule is CCc1ccc(C2CCC(C3CCC(C)CC3)CC2)cc1. The fraction of sp³-hybridized carbons (Fsp3) is 0.714. The molecule has 0 nitrogen and oxygen atoms in total. The van der Waals surface area contributed by atoms with Crippen LogP contribution in [-0.4, -0.2) is 0 Å². The zero-order valence-corrected chi connectivity index (χ0v) is 14.0. The lowest BCUT2D eigenvalue weighted by Crippen LogP contribution is -2.24. The van der Waals surface area contributed by atoms with Crippen molar-refractivity contribution in [3.8, 4) is 0 Å². The summed E-state index contributed by atoms with van der Waals surface area (Å²) < 4.78 is 0. The first-order valence-corrected chi connectivity index (χ1v) is 9.35. The molecule has 2 aliphatic rings. The van der Waals surface area contributed by atoms with E-state index >= 15 is 0 Å². The van der Waals surface area contributed by atoms with Gasteiger partial charge in [-0.15, -0.1) is 0 Å². The summed E-state index contributed by atoms with van der Waals surface area (Å²) in [6.07, 6.45) is 13.0. The van der Waals surface area contributed by atoms with Crippen LogP contribution in [0.25, 0.3) is 0 Å². The largest absolute Gasteiger partial charge is 0.0625 e. The molecule has 3 rings (SSSR count). The van der Waals surface area contributed by atoms with Crippen molar-refractivity contribution >= 4 is 0 Å². The van der Waals surface area contributed by atoms with Crippen molar-refractivity contribution in [2.24, 2.45) is 17.8 Å². The molecule has 21 heavy (non-hydrogen) atoms. The molecule has 2 saturated carbocycles. The third kappa shape index (κ3) is 3.71. The molecular weight excluding hydrogens is 252 g/mol. The van der Waals surface area contributed by atoms with Crippen LogP contribution in [0.5, 0.6) is 0 Å². The molecule has 0 atom stereocenters. The van der Waals surface area contributed by atoms with Crippen LogP contribution in [0.3, 0.4) is 0 Å². The lowest BCUT2D eigenvalue weighted by molar-refractivity contribution is 0.165. The van der Waals surface area contributed by atoms with Gasteiger partial charge in [0, 0.05) is 0 Å². The highest BCUT2D eigenvalue weighted by atomic mass is 14.4. The van der Waals surface area contributed by atoms with Crippen molar-refractivity contribution in [3.05, 3.63) is 35.4 Å². The first kappa shape index (κ1) is 15.1. The van der Waals surface area contributed by atoms with E-state index in [0.29, 0.717) is 0 Å². The first-order chi connectivity index (χ1) is 10.3. The number of hydrogen-bond acceptors (Lipinski definition) is 0. The van der Waals surface area contributed by atoms with Crippen molar-refractivity contribution in [2.75, 3.05) is 0 Å². The molecule has 1 aromatic carbocycles. The molecule has 2 aliphatic carbocycles. The molecule has 0 bridgehead atoms. The van der Waals surface area contributed by atoms with E-state index < -0.39 is 0 Å². The zero-order chi connectivity index (χ0) is 14.7. The number of rotatable bonds is 3. The van der Waals surface area contributed by atoms with Crippen molar-refractivity contribution < 1.29 is 0 Å². The molecule has 2 fully saturated rings. The van der Waals surface area contributed by atoms with Crippen LogP contribution in [0.2, 0.25) is 0 Å². The lowest BCUT2D eigenvalue weighted by atomic mass is 9.68. The highest BCUT2D eigenvalue weighted by molar-refractivity contribution is 5.25. The van der Waals surface area contributed by atoms with Gasteiger partial charge in [0.05, 0.1) is 0 Å². The lowest BCUT2D eigenvalue weighted by Gasteiger charge is -2.37. The van der Waals surface area contributed by atoms with E-state index in [1.54, 1.807) is 5.56 Å². The Hall–Kier alpha value is -0.780. The van der Waals surface area contributed by atoms with Gasteiger partial charge in [-0.3, -0.25) is 0 Å². The van der Waals surface area contributed by atoms with Crippen LogP contribution < -0.4 is 0 Å². The van der Waals surface area contributed by atoms with Gasteiger partial charge in [-0.1, -0.05) is 51.0 Å². The normalized spacial score (nSPS) is 33.8. The molecule has 0 unspecified atom stereocenters. The molecule has 0 amide bonds. The van der Waals surface area contributed by atoms with Crippen molar-refractivity contribution in [2.45, 2.75) is 77.6 Å². The highest BCUT2D eigenvalue weighted by Gasteiger charge is 2.30. The van der Waals surface area contributed by atoms with Gasteiger partial charge in [0.1, 0.15) is 0 Å². The van der Waals surface area contributed by atoms with Gasteiger partial charge in [0.25, 0.3) is 0 Å². The van der Waals surface area contributed by atoms with Crippen LogP contribution in [0, 0.1) is 17.8 Å². The topological polar surface area (TPSA) is 0 Å². The second kappa shape index (κ2) is 6.99. The van der Waals surface area contributed by atoms with E-state index in [4.69, 9.17) is 0 Å². The van der Waals surface area contributed by atoms with E-state index in [2.05, 4.69) is 38.1 Å². The fourth-order valence-corrected chi connectivity index (χ4v) is 4.71. The molecule has 1 aromatic rings. The van der Waals surface area contributed by atoms with Gasteiger partial charge in [-0.05, 0) is 79.7 Å². The molecule has 0 heterocycles. The molecule has 0 aromatic heterocycles. The molecule has 0 heteroatoms. The van der Waals surface area contributed by atoms with E-state index in [9.17, 15) is 0 Å². The molecule has 116 valence electrons. The number of benzene rings is 1. The molecule has 0 spiro atoms. The van der Waals surface area contributed by atoms with Crippen LogP contribution in [-0.2, 0) is 6.42 Å². The summed E-state index contributed by atoms with van der Waals surface area (Å²) in [4.78, 5) is 0. The van der Waals surface area contributed by atoms with Crippen molar-refractivity contribution in [1.29, 1.82) is 0 Å². The smallest absolute Gasteiger partial charge is 0.0162 e. The van der Waals surface area contributed by atoms with Gasteiger partial charge in [0.2, 0.25) is 0 Å². The fourth-order valence-electron chi connectivity index (χ4n) is 4.71. The van der Waals surface area contributed by atoms with E-state index in [-0.39, 0.29) is 0 Å². The maximum atomic E-state index is 2.44. The summed E-state index contributed by atoms with van der Waals surface area (Å²) in [5.74, 6) is 3.94. The maximum Gasteiger partial charge on any atom is -0.0162 e. The van der Waals surface area contributed by atoms with Gasteiger partial charge in [-0.25, -0.2) is 0 Å². The van der Waals surface area contributed by atoms with Crippen molar-refractivity contribution in [3.63, 3.8) is 0 Å². The zero-order valence-electron chi connectivity index (χ0n) is 14.0. The molecule has 0 aliphatic heterocycles. The van der Waals surface area contributed by atoms with Gasteiger partial charge < -0.3 is 0 Å². The maximum absolute atomic E-state index is 2.44. The Bertz CT molecular complexity index is 414. The third-order valence-electron chi connectivity index (χ3n) is 6.36. The van der Waals surface area contributed by atoms with E-state index in [1.807, 2.05) is 0 Å². The Kier molecular flexibility index (Phi) is 5.03. The van der Waals surface area contributed by atoms with E-state index in [1.165, 1.54) is 56.9 Å². The molecular formula is C21H32. The second-order valence-corrected chi connectivity index (χ2v) is 7.73. The predicted molar refractivity (Wildman–Crippen MR) is 91.6 cm³/mol. The summed E-state index contributed by atoms with van der Waals surface area (Å²) in [6, 6.07) is 9.46. The predicted octanol–water partition coefficient (Wildman–Crippen LogP) is 6.35. The average molecular weight is 284 g/mol. The second-order valence-electron chi connectivity index (χ2n) is 7.73. The third-order valence-corrected chi connectivity index (χ3v) is 6.36. The minimum absolute atomic E-state index is 0.842. The summed E-state index contributed by atoms with van der Waals surface area (Å²) in [5.41, 5.74) is 3.08. The quantitative estimate of drug-likeness (QED) is 0.606. The Morgan fingerprint density at radius 2 is 1.29 bits per heavy atom. The minimum Gasteiger partial charge on any atom is -0.0625 e. The van der Waals surface area contributed by atoms with Crippen LogP contribution in [0.15, 0.2) is 24.3 Å². The molecule has 0 saturated heterocycles. The molecule has 0 radical (unpaired) electrons. The monoisotopic (exact) mass is 284 g/mol. The highest BCUT2D eigenvalue weighted by Crippen LogP contribution is 2.43. The standard InChI is InChI=1S/C21H32/c1-3-17-6-10-19(11-7-17)21-14-12-20(13-15-21)18-8-4-16(2)5-9-18/h6-7,10-11,16,18,20-21H,3-5,8-9,12-15H2,1-2H3. The minimum atomic E-state index is 0.842. The van der Waals surface area contributed by atoms with Gasteiger partial charge in [0.15, 0.2) is 0 Å². The van der Waals surface area contributed by atoms with E-state index in [0.717, 1.165) is 30.1 Å². The van der Waals surface area contributed by atoms with Crippen LogP contribution in [0.1, 0.15) is 82.3 Å². The summed E-state index contributed by atoms with van der Waals surface area (Å²) in [6.45, 7) is 4.68. The average Bonchev–Trinajstić information content (AvgIpc) is 2.56. The number of aryl methyl sites for hydroxylation is 1. The molecule has 0 N–H and O–H groups in total. The van der Waals surface area contributed by atoms with Gasteiger partial charge in [-0.2, -0.15) is 0 Å². The van der Waals surface area contributed by atoms with Gasteiger partial charge >= 0.3 is 0 Å². The Morgan fingerprint density at radius 3 is 1.81 bits per heavy atom. The summed E-state index contributed by atoms with van der Waals surface area (Å²) in [7, 11) is 0. The van der Waals surface area contributed by atoms with Crippen LogP contribution >= 0.6 is 0 Å².